The molecule has 20 heavy (non-hydrogen) atoms. The second kappa shape index (κ2) is 6.38. The number of nitro groups is 1. The molecule has 2 aromatic carbocycles. The fraction of sp³-hybridized carbons (Fsp3) is 0.143. The lowest BCUT2D eigenvalue weighted by atomic mass is 10.2. The lowest BCUT2D eigenvalue weighted by molar-refractivity contribution is -0.385. The summed E-state index contributed by atoms with van der Waals surface area (Å²) in [6.45, 7) is 0.565. The minimum Gasteiger partial charge on any atom is -0.497 e. The quantitative estimate of drug-likeness (QED) is 0.662. The maximum atomic E-state index is 10.9. The number of hydrogen-bond donors (Lipinski definition) is 1. The van der Waals surface area contributed by atoms with E-state index in [1.54, 1.807) is 19.2 Å². The van der Waals surface area contributed by atoms with Crippen LogP contribution in [0.1, 0.15) is 5.56 Å². The molecule has 0 saturated carbocycles. The number of hydrogen-bond acceptors (Lipinski definition) is 4. The predicted octanol–water partition coefficient (Wildman–Crippen LogP) is 3.98. The van der Waals surface area contributed by atoms with E-state index in [0.717, 1.165) is 11.3 Å². The van der Waals surface area contributed by atoms with Crippen LogP contribution in [0.5, 0.6) is 5.75 Å². The van der Waals surface area contributed by atoms with Crippen LogP contribution in [0.3, 0.4) is 0 Å². The summed E-state index contributed by atoms with van der Waals surface area (Å²) in [7, 11) is 1.62. The first kappa shape index (κ1) is 14.3. The number of anilines is 1. The largest absolute Gasteiger partial charge is 0.497 e. The van der Waals surface area contributed by atoms with Gasteiger partial charge in [-0.25, -0.2) is 0 Å². The maximum absolute atomic E-state index is 10.9. The van der Waals surface area contributed by atoms with E-state index >= 15 is 0 Å². The van der Waals surface area contributed by atoms with E-state index in [4.69, 9.17) is 4.74 Å². The smallest absolute Gasteiger partial charge is 0.285 e. The number of nitrogens with one attached hydrogen (secondary N) is 1. The fourth-order valence-corrected chi connectivity index (χ4v) is 2.14. The monoisotopic (exact) mass is 336 g/mol. The fourth-order valence-electron chi connectivity index (χ4n) is 1.75. The zero-order chi connectivity index (χ0) is 14.5. The highest BCUT2D eigenvalue weighted by atomic mass is 79.9. The van der Waals surface area contributed by atoms with Gasteiger partial charge in [-0.05, 0) is 45.8 Å². The molecular weight excluding hydrogens is 324 g/mol. The SMILES string of the molecule is COc1cccc(CNc2ccc(Br)c([N+](=O)[O-])c2)c1. The molecular formula is C14H13BrN2O3. The molecule has 0 aliphatic carbocycles. The van der Waals surface area contributed by atoms with Crippen molar-refractivity contribution in [1.29, 1.82) is 0 Å². The van der Waals surface area contributed by atoms with Gasteiger partial charge >= 0.3 is 0 Å². The van der Waals surface area contributed by atoms with Gasteiger partial charge in [0.2, 0.25) is 0 Å². The van der Waals surface area contributed by atoms with E-state index in [1.807, 2.05) is 24.3 Å². The Morgan fingerprint density at radius 1 is 1.30 bits per heavy atom. The molecule has 5 nitrogen and oxygen atoms in total. The standard InChI is InChI=1S/C14H13BrN2O3/c1-20-12-4-2-3-10(7-12)9-16-11-5-6-13(15)14(8-11)17(18)19/h2-8,16H,9H2,1H3. The van der Waals surface area contributed by atoms with Gasteiger partial charge in [0.25, 0.3) is 5.69 Å². The second-order valence-electron chi connectivity index (χ2n) is 4.13. The van der Waals surface area contributed by atoms with Crippen LogP contribution in [0.2, 0.25) is 0 Å². The van der Waals surface area contributed by atoms with Crippen LogP contribution in [-0.4, -0.2) is 12.0 Å². The first-order valence-electron chi connectivity index (χ1n) is 5.91. The summed E-state index contributed by atoms with van der Waals surface area (Å²) in [6, 6.07) is 12.6. The molecule has 0 spiro atoms. The van der Waals surface area contributed by atoms with Crippen molar-refractivity contribution in [1.82, 2.24) is 0 Å². The van der Waals surface area contributed by atoms with Crippen LogP contribution >= 0.6 is 15.9 Å². The van der Waals surface area contributed by atoms with E-state index in [2.05, 4.69) is 21.2 Å². The minimum atomic E-state index is -0.416. The molecule has 0 unspecified atom stereocenters. The van der Waals surface area contributed by atoms with Crippen molar-refractivity contribution in [3.8, 4) is 5.75 Å². The highest BCUT2D eigenvalue weighted by Crippen LogP contribution is 2.28. The topological polar surface area (TPSA) is 64.4 Å². The summed E-state index contributed by atoms with van der Waals surface area (Å²) in [6.07, 6.45) is 0. The Kier molecular flexibility index (Phi) is 4.57. The molecule has 2 aromatic rings. The normalized spacial score (nSPS) is 10.1. The molecule has 2 rings (SSSR count). The van der Waals surface area contributed by atoms with Gasteiger partial charge in [-0.1, -0.05) is 12.1 Å². The number of halogens is 1. The Bertz CT molecular complexity index is 632. The van der Waals surface area contributed by atoms with Crippen LogP contribution < -0.4 is 10.1 Å². The van der Waals surface area contributed by atoms with Crippen molar-refractivity contribution < 1.29 is 9.66 Å². The molecule has 0 aliphatic rings. The minimum absolute atomic E-state index is 0.0423. The molecule has 0 aliphatic heterocycles. The third-order valence-corrected chi connectivity index (χ3v) is 3.44. The number of benzene rings is 2. The molecule has 0 saturated heterocycles. The van der Waals surface area contributed by atoms with Crippen LogP contribution in [0.25, 0.3) is 0 Å². The number of nitrogens with zero attached hydrogens (tertiary/aromatic N) is 1. The summed E-state index contributed by atoms with van der Waals surface area (Å²) >= 11 is 3.16. The molecule has 0 amide bonds. The van der Waals surface area contributed by atoms with Gasteiger partial charge < -0.3 is 10.1 Å². The first-order chi connectivity index (χ1) is 9.60. The Hall–Kier alpha value is -2.08. The van der Waals surface area contributed by atoms with Crippen LogP contribution in [0.4, 0.5) is 11.4 Å². The number of rotatable bonds is 5. The third kappa shape index (κ3) is 3.48. The highest BCUT2D eigenvalue weighted by Gasteiger charge is 2.12. The average molecular weight is 337 g/mol. The zero-order valence-electron chi connectivity index (χ0n) is 10.8. The number of nitro benzene ring substituents is 1. The predicted molar refractivity (Wildman–Crippen MR) is 81.1 cm³/mol. The van der Waals surface area contributed by atoms with E-state index in [9.17, 15) is 10.1 Å². The lowest BCUT2D eigenvalue weighted by Gasteiger charge is -2.08. The summed E-state index contributed by atoms with van der Waals surface area (Å²) in [5, 5.41) is 14.0. The molecule has 0 radical (unpaired) electrons. The Morgan fingerprint density at radius 3 is 2.80 bits per heavy atom. The van der Waals surface area contributed by atoms with E-state index in [-0.39, 0.29) is 5.69 Å². The maximum Gasteiger partial charge on any atom is 0.285 e. The molecule has 0 fully saturated rings. The molecule has 0 heterocycles. The number of methoxy groups -OCH3 is 1. The molecule has 104 valence electrons. The van der Waals surface area contributed by atoms with Crippen LogP contribution in [-0.2, 0) is 6.54 Å². The van der Waals surface area contributed by atoms with Gasteiger partial charge in [0.05, 0.1) is 16.5 Å². The molecule has 6 heteroatoms. The summed E-state index contributed by atoms with van der Waals surface area (Å²) < 4.78 is 5.62. The Labute approximate surface area is 124 Å². The van der Waals surface area contributed by atoms with E-state index < -0.39 is 4.92 Å². The second-order valence-corrected chi connectivity index (χ2v) is 4.98. The molecule has 0 aromatic heterocycles. The highest BCUT2D eigenvalue weighted by molar-refractivity contribution is 9.10. The van der Waals surface area contributed by atoms with E-state index in [0.29, 0.717) is 16.7 Å². The Balaban J connectivity index is 2.10. The van der Waals surface area contributed by atoms with Crippen LogP contribution in [0.15, 0.2) is 46.9 Å². The lowest BCUT2D eigenvalue weighted by Crippen LogP contribution is -2.00. The van der Waals surface area contributed by atoms with Crippen molar-refractivity contribution >= 4 is 27.3 Å². The molecule has 1 N–H and O–H groups in total. The van der Waals surface area contributed by atoms with Crippen molar-refractivity contribution in [3.05, 3.63) is 62.6 Å². The van der Waals surface area contributed by atoms with Gasteiger partial charge in [0, 0.05) is 18.3 Å². The first-order valence-corrected chi connectivity index (χ1v) is 6.70. The van der Waals surface area contributed by atoms with Gasteiger partial charge in [0.1, 0.15) is 5.75 Å². The summed E-state index contributed by atoms with van der Waals surface area (Å²) in [4.78, 5) is 10.4. The third-order valence-electron chi connectivity index (χ3n) is 2.77. The summed E-state index contributed by atoms with van der Waals surface area (Å²) in [5.74, 6) is 0.783. The van der Waals surface area contributed by atoms with Gasteiger partial charge in [-0.2, -0.15) is 0 Å². The Morgan fingerprint density at radius 2 is 2.10 bits per heavy atom. The summed E-state index contributed by atoms with van der Waals surface area (Å²) in [5.41, 5.74) is 1.78. The molecule has 0 bridgehead atoms. The number of ether oxygens (including phenoxy) is 1. The van der Waals surface area contributed by atoms with Crippen molar-refractivity contribution in [2.45, 2.75) is 6.54 Å². The van der Waals surface area contributed by atoms with Crippen molar-refractivity contribution in [2.75, 3.05) is 12.4 Å². The van der Waals surface area contributed by atoms with Crippen molar-refractivity contribution in [2.24, 2.45) is 0 Å². The van der Waals surface area contributed by atoms with E-state index in [1.165, 1.54) is 6.07 Å². The van der Waals surface area contributed by atoms with Gasteiger partial charge in [-0.15, -0.1) is 0 Å². The molecule has 0 atom stereocenters. The van der Waals surface area contributed by atoms with Crippen molar-refractivity contribution in [3.63, 3.8) is 0 Å². The van der Waals surface area contributed by atoms with Crippen LogP contribution in [0, 0.1) is 10.1 Å². The average Bonchev–Trinajstić information content (AvgIpc) is 2.46. The van der Waals surface area contributed by atoms with Gasteiger partial charge in [-0.3, -0.25) is 10.1 Å². The van der Waals surface area contributed by atoms with Gasteiger partial charge in [0.15, 0.2) is 0 Å². The zero-order valence-corrected chi connectivity index (χ0v) is 12.4.